The Kier molecular flexibility index (Phi) is 12.8. The summed E-state index contributed by atoms with van der Waals surface area (Å²) >= 11 is 1.45. The Balaban J connectivity index is 0.000000432. The van der Waals surface area contributed by atoms with Crippen molar-refractivity contribution in [1.82, 2.24) is 0 Å². The number of allylic oxidation sites excluding steroid dienone is 4. The molecule has 2 aliphatic carbocycles. The predicted octanol–water partition coefficient (Wildman–Crippen LogP) is 0.572. The van der Waals surface area contributed by atoms with E-state index in [9.17, 15) is 0 Å². The van der Waals surface area contributed by atoms with Crippen LogP contribution in [0.25, 0.3) is 11.1 Å². The van der Waals surface area contributed by atoms with Crippen molar-refractivity contribution in [2.24, 2.45) is 5.41 Å². The molecule has 0 amide bonds. The molecule has 0 bridgehead atoms. The zero-order chi connectivity index (χ0) is 19.2. The summed E-state index contributed by atoms with van der Waals surface area (Å²) in [7, 11) is 0. The van der Waals surface area contributed by atoms with Crippen molar-refractivity contribution in [3.05, 3.63) is 83.5 Å². The van der Waals surface area contributed by atoms with Gasteiger partial charge in [-0.1, -0.05) is 61.6 Å². The van der Waals surface area contributed by atoms with Crippen LogP contribution in [-0.4, -0.2) is 5.49 Å². The fourth-order valence-electron chi connectivity index (χ4n) is 2.92. The minimum atomic E-state index is 0. The van der Waals surface area contributed by atoms with Gasteiger partial charge in [-0.2, -0.15) is 41.5 Å². The maximum atomic E-state index is 3.30. The molecule has 0 heterocycles. The van der Waals surface area contributed by atoms with Gasteiger partial charge in [0.15, 0.2) is 0 Å². The maximum absolute atomic E-state index is 3.30. The van der Waals surface area contributed by atoms with E-state index in [1.165, 1.54) is 50.8 Å². The Hall–Kier alpha value is -0.413. The minimum absolute atomic E-state index is 0. The summed E-state index contributed by atoms with van der Waals surface area (Å²) in [6, 6.07) is 18.1. The zero-order valence-electron chi connectivity index (χ0n) is 17.4. The molecule has 0 fully saturated rings. The van der Waals surface area contributed by atoms with Gasteiger partial charge in [0.2, 0.25) is 0 Å². The first-order chi connectivity index (χ1) is 12.3. The summed E-state index contributed by atoms with van der Waals surface area (Å²) in [6.45, 7) is 11.3. The van der Waals surface area contributed by atoms with Gasteiger partial charge in [-0.3, -0.25) is 6.08 Å². The molecule has 0 spiro atoms. The van der Waals surface area contributed by atoms with E-state index in [2.05, 4.69) is 94.6 Å². The van der Waals surface area contributed by atoms with Gasteiger partial charge in [0.05, 0.1) is 0 Å². The van der Waals surface area contributed by atoms with Crippen LogP contribution in [0, 0.1) is 17.6 Å². The Bertz CT molecular complexity index is 785. The number of halogens is 2. The second-order valence-electron chi connectivity index (χ2n) is 7.86. The van der Waals surface area contributed by atoms with Crippen LogP contribution in [0.3, 0.4) is 0 Å². The van der Waals surface area contributed by atoms with Crippen LogP contribution < -0.4 is 24.8 Å². The quantitative estimate of drug-likeness (QED) is 0.264. The van der Waals surface area contributed by atoms with Crippen molar-refractivity contribution < 1.29 is 47.8 Å². The third kappa shape index (κ3) is 8.53. The maximum Gasteiger partial charge on any atom is -0.0253 e. The van der Waals surface area contributed by atoms with Crippen molar-refractivity contribution in [3.8, 4) is 11.1 Å². The van der Waals surface area contributed by atoms with Crippen molar-refractivity contribution >= 4 is 5.49 Å². The Morgan fingerprint density at radius 2 is 1.57 bits per heavy atom. The first-order valence-electron chi connectivity index (χ1n) is 9.16. The van der Waals surface area contributed by atoms with E-state index in [4.69, 9.17) is 0 Å². The molecule has 2 aromatic carbocycles. The van der Waals surface area contributed by atoms with Gasteiger partial charge in [0.25, 0.3) is 0 Å². The molecule has 0 radical (unpaired) electrons. The second-order valence-corrected chi connectivity index (χ2v) is 20.6. The Morgan fingerprint density at radius 1 is 0.964 bits per heavy atom. The van der Waals surface area contributed by atoms with Gasteiger partial charge in [-0.15, -0.1) is 12.0 Å². The van der Waals surface area contributed by atoms with E-state index in [0.29, 0.717) is 5.41 Å². The smallest absolute Gasteiger partial charge is 0.0253 e. The summed E-state index contributed by atoms with van der Waals surface area (Å²) in [5.74, 6) is 0. The molecule has 28 heavy (non-hydrogen) atoms. The van der Waals surface area contributed by atoms with Crippen LogP contribution in [0.2, 0.25) is 13.1 Å². The van der Waals surface area contributed by atoms with Gasteiger partial charge in [0, 0.05) is 0 Å². The largest absolute Gasteiger partial charge is 1.00 e. The molecule has 4 rings (SSSR count). The molecule has 0 aliphatic heterocycles. The predicted molar refractivity (Wildman–Crippen MR) is 111 cm³/mol. The van der Waals surface area contributed by atoms with Crippen LogP contribution in [-0.2, 0) is 29.4 Å². The fraction of sp³-hybridized carbons (Fsp3) is 0.333. The molecule has 2 aromatic rings. The number of hydrogen-bond acceptors (Lipinski definition) is 0. The van der Waals surface area contributed by atoms with Crippen LogP contribution in [0.5, 0.6) is 0 Å². The number of fused-ring (bicyclic) bond motifs is 3. The standard InChI is InChI=1S/C13H9.C9H13.C2H6Si.2ClH.Hf/c1-3-7-12-10(5-1)9-11-6-2-4-8-13(11)12;1-9(2,3)8-6-4-5-7-8;1-3-2;;;/h1-5,7-8H,9H2;6-7H,4H2,1-3H3;1-2H3;2*1H;/q2*-1;;;;+2/p-2. The third-order valence-electron chi connectivity index (χ3n) is 4.18. The monoisotopic (exact) mass is 594 g/mol. The normalized spacial score (nSPS) is 12.6. The average molecular weight is 594 g/mol. The number of benzene rings is 2. The van der Waals surface area contributed by atoms with Crippen molar-refractivity contribution in [2.45, 2.75) is 46.7 Å². The molecule has 0 saturated carbocycles. The molecule has 0 saturated heterocycles. The second kappa shape index (κ2) is 13.0. The summed E-state index contributed by atoms with van der Waals surface area (Å²) in [4.78, 5) is 0. The average Bonchev–Trinajstić information content (AvgIpc) is 3.22. The molecule has 148 valence electrons. The van der Waals surface area contributed by atoms with Gasteiger partial charge >= 0.3 is 41.6 Å². The molecule has 4 heteroatoms. The third-order valence-corrected chi connectivity index (χ3v) is 4.18. The topological polar surface area (TPSA) is 0 Å². The van der Waals surface area contributed by atoms with E-state index >= 15 is 0 Å². The number of rotatable bonds is 0. The minimum Gasteiger partial charge on any atom is -1.00 e. The SMILES string of the molecule is CC(C)(C)C1=CC[C-]=C1.C[Si](C)=[Hf+2].[Cl-].[Cl-].[c-]1cccc2c1Cc1ccccc1-2. The van der Waals surface area contributed by atoms with Gasteiger partial charge < -0.3 is 24.8 Å². The van der Waals surface area contributed by atoms with Gasteiger partial charge in [-0.05, 0) is 6.42 Å². The molecule has 0 nitrogen and oxygen atoms in total. The van der Waals surface area contributed by atoms with E-state index in [1.54, 1.807) is 0 Å². The summed E-state index contributed by atoms with van der Waals surface area (Å²) < 4.78 is 0. The van der Waals surface area contributed by atoms with Crippen LogP contribution in [0.1, 0.15) is 38.3 Å². The first kappa shape index (κ1) is 27.6. The van der Waals surface area contributed by atoms with E-state index < -0.39 is 0 Å². The van der Waals surface area contributed by atoms with Crippen LogP contribution in [0.4, 0.5) is 0 Å². The van der Waals surface area contributed by atoms with E-state index in [-0.39, 0.29) is 30.3 Å². The van der Waals surface area contributed by atoms with Crippen molar-refractivity contribution in [1.29, 1.82) is 0 Å². The summed E-state index contributed by atoms with van der Waals surface area (Å²) in [5, 5.41) is 0. The molecule has 2 aliphatic rings. The van der Waals surface area contributed by atoms with Crippen molar-refractivity contribution in [3.63, 3.8) is 0 Å². The van der Waals surface area contributed by atoms with Crippen LogP contribution in [0.15, 0.2) is 60.2 Å². The van der Waals surface area contributed by atoms with Crippen molar-refractivity contribution in [2.75, 3.05) is 0 Å². The molecular weight excluding hydrogens is 566 g/mol. The molecule has 0 N–H and O–H groups in total. The van der Waals surface area contributed by atoms with Crippen LogP contribution >= 0.6 is 0 Å². The Labute approximate surface area is 198 Å². The molecular formula is C24H28Cl2HfSi-2. The van der Waals surface area contributed by atoms with Gasteiger partial charge in [-0.25, -0.2) is 6.08 Å². The summed E-state index contributed by atoms with van der Waals surface area (Å²) in [6.07, 6.45) is 9.55. The first-order valence-corrected chi connectivity index (χ1v) is 17.0. The zero-order valence-corrected chi connectivity index (χ0v) is 23.5. The van der Waals surface area contributed by atoms with Gasteiger partial charge in [0.1, 0.15) is 0 Å². The Morgan fingerprint density at radius 3 is 2.11 bits per heavy atom. The van der Waals surface area contributed by atoms with E-state index in [1.807, 2.05) is 6.07 Å². The molecule has 0 atom stereocenters. The molecule has 0 unspecified atom stereocenters. The number of hydrogen-bond donors (Lipinski definition) is 0. The molecule has 0 aromatic heterocycles. The fourth-order valence-corrected chi connectivity index (χ4v) is 2.92. The van der Waals surface area contributed by atoms with E-state index in [0.717, 1.165) is 12.8 Å². The summed E-state index contributed by atoms with van der Waals surface area (Å²) in [5.41, 5.74) is 7.51.